The normalized spacial score (nSPS) is 13.5. The lowest BCUT2D eigenvalue weighted by Crippen LogP contribution is -2.32. The molecule has 3 nitrogen and oxygen atoms in total. The Hall–Kier alpha value is -2.67. The van der Waals surface area contributed by atoms with Gasteiger partial charge >= 0.3 is 0 Å². The van der Waals surface area contributed by atoms with Gasteiger partial charge in [-0.05, 0) is 48.7 Å². The minimum Gasteiger partial charge on any atom is -0.331 e. The fourth-order valence-corrected chi connectivity index (χ4v) is 2.43. The minimum absolute atomic E-state index is 0.0797. The standard InChI is InChI=1S/C18H15FN2O/c19-16-6-4-13(5-7-16)12-21(17-8-9-17)18(22)15-3-1-2-14(10-15)11-20/h1-7,10,17H,8-9,12H2. The van der Waals surface area contributed by atoms with E-state index in [0.717, 1.165) is 18.4 Å². The molecule has 0 spiro atoms. The first-order chi connectivity index (χ1) is 10.7. The SMILES string of the molecule is N#Cc1cccc(C(=O)N(Cc2ccc(F)cc2)C2CC2)c1. The van der Waals surface area contributed by atoms with E-state index in [2.05, 4.69) is 0 Å². The molecule has 1 amide bonds. The minimum atomic E-state index is -0.283. The Bertz CT molecular complexity index is 729. The number of hydrogen-bond donors (Lipinski definition) is 0. The van der Waals surface area contributed by atoms with Crippen molar-refractivity contribution in [2.24, 2.45) is 0 Å². The van der Waals surface area contributed by atoms with Crippen molar-refractivity contribution < 1.29 is 9.18 Å². The number of hydrogen-bond acceptors (Lipinski definition) is 2. The Morgan fingerprint density at radius 2 is 1.95 bits per heavy atom. The molecule has 22 heavy (non-hydrogen) atoms. The van der Waals surface area contributed by atoms with E-state index in [0.29, 0.717) is 17.7 Å². The number of benzene rings is 2. The summed E-state index contributed by atoms with van der Waals surface area (Å²) in [6.45, 7) is 0.459. The molecule has 1 saturated carbocycles. The maximum Gasteiger partial charge on any atom is 0.254 e. The molecule has 0 unspecified atom stereocenters. The van der Waals surface area contributed by atoms with Crippen molar-refractivity contribution in [1.82, 2.24) is 4.90 Å². The van der Waals surface area contributed by atoms with E-state index in [9.17, 15) is 9.18 Å². The van der Waals surface area contributed by atoms with Crippen LogP contribution in [0.4, 0.5) is 4.39 Å². The highest BCUT2D eigenvalue weighted by Gasteiger charge is 2.33. The molecule has 0 N–H and O–H groups in total. The van der Waals surface area contributed by atoms with Crippen LogP contribution in [0.15, 0.2) is 48.5 Å². The molecular weight excluding hydrogens is 279 g/mol. The zero-order valence-electron chi connectivity index (χ0n) is 12.0. The molecule has 1 aliphatic rings. The summed E-state index contributed by atoms with van der Waals surface area (Å²) in [4.78, 5) is 14.5. The lowest BCUT2D eigenvalue weighted by molar-refractivity contribution is 0.0730. The Morgan fingerprint density at radius 3 is 2.59 bits per heavy atom. The van der Waals surface area contributed by atoms with Crippen LogP contribution in [0.1, 0.15) is 34.3 Å². The molecule has 0 heterocycles. The van der Waals surface area contributed by atoms with Gasteiger partial charge in [-0.15, -0.1) is 0 Å². The van der Waals surface area contributed by atoms with Crippen molar-refractivity contribution in [3.63, 3.8) is 0 Å². The van der Waals surface area contributed by atoms with Crippen LogP contribution in [-0.2, 0) is 6.54 Å². The van der Waals surface area contributed by atoms with Crippen LogP contribution < -0.4 is 0 Å². The first kappa shape index (κ1) is 14.3. The van der Waals surface area contributed by atoms with E-state index in [4.69, 9.17) is 5.26 Å². The van der Waals surface area contributed by atoms with Gasteiger partial charge in [-0.2, -0.15) is 5.26 Å². The van der Waals surface area contributed by atoms with E-state index >= 15 is 0 Å². The molecule has 2 aromatic rings. The molecule has 0 atom stereocenters. The van der Waals surface area contributed by atoms with Gasteiger partial charge < -0.3 is 4.90 Å². The van der Waals surface area contributed by atoms with Crippen LogP contribution >= 0.6 is 0 Å². The van der Waals surface area contributed by atoms with Crippen molar-refractivity contribution in [3.05, 3.63) is 71.0 Å². The third-order valence-electron chi connectivity index (χ3n) is 3.75. The number of halogens is 1. The summed E-state index contributed by atoms with van der Waals surface area (Å²) in [5.41, 5.74) is 1.90. The predicted octanol–water partition coefficient (Wildman–Crippen LogP) is 3.50. The lowest BCUT2D eigenvalue weighted by Gasteiger charge is -2.22. The van der Waals surface area contributed by atoms with Gasteiger partial charge in [0.1, 0.15) is 5.82 Å². The lowest BCUT2D eigenvalue weighted by atomic mass is 10.1. The predicted molar refractivity (Wildman–Crippen MR) is 80.5 cm³/mol. The van der Waals surface area contributed by atoms with Crippen LogP contribution in [0.2, 0.25) is 0 Å². The first-order valence-electron chi connectivity index (χ1n) is 7.23. The summed E-state index contributed by atoms with van der Waals surface area (Å²) in [6.07, 6.45) is 1.98. The van der Waals surface area contributed by atoms with Crippen LogP contribution in [0.5, 0.6) is 0 Å². The molecule has 1 fully saturated rings. The highest BCUT2D eigenvalue weighted by atomic mass is 19.1. The van der Waals surface area contributed by atoms with E-state index < -0.39 is 0 Å². The Kier molecular flexibility index (Phi) is 3.88. The van der Waals surface area contributed by atoms with Gasteiger partial charge in [0.05, 0.1) is 11.6 Å². The molecule has 0 aliphatic heterocycles. The second-order valence-electron chi connectivity index (χ2n) is 5.48. The Balaban J connectivity index is 1.83. The van der Waals surface area contributed by atoms with Gasteiger partial charge in [-0.25, -0.2) is 4.39 Å². The van der Waals surface area contributed by atoms with Crippen LogP contribution in [0.3, 0.4) is 0 Å². The highest BCUT2D eigenvalue weighted by Crippen LogP contribution is 2.30. The van der Waals surface area contributed by atoms with Gasteiger partial charge in [0.2, 0.25) is 0 Å². The Morgan fingerprint density at radius 1 is 1.23 bits per heavy atom. The fourth-order valence-electron chi connectivity index (χ4n) is 2.43. The molecular formula is C18H15FN2O. The smallest absolute Gasteiger partial charge is 0.254 e. The van der Waals surface area contributed by atoms with Crippen molar-refractivity contribution in [2.45, 2.75) is 25.4 Å². The molecule has 110 valence electrons. The van der Waals surface area contributed by atoms with Gasteiger partial charge in [-0.1, -0.05) is 18.2 Å². The summed E-state index contributed by atoms with van der Waals surface area (Å²) in [5, 5.41) is 8.95. The molecule has 1 aliphatic carbocycles. The quantitative estimate of drug-likeness (QED) is 0.866. The van der Waals surface area contributed by atoms with Crippen LogP contribution in [-0.4, -0.2) is 16.8 Å². The maximum absolute atomic E-state index is 13.0. The number of carbonyl (C=O) groups excluding carboxylic acids is 1. The maximum atomic E-state index is 13.0. The van der Waals surface area contributed by atoms with Crippen molar-refractivity contribution in [2.75, 3.05) is 0 Å². The third-order valence-corrected chi connectivity index (χ3v) is 3.75. The summed E-state index contributed by atoms with van der Waals surface area (Å²) >= 11 is 0. The summed E-state index contributed by atoms with van der Waals surface area (Å²) in [5.74, 6) is -0.362. The molecule has 0 saturated heterocycles. The average Bonchev–Trinajstić information content (AvgIpc) is 3.38. The molecule has 3 rings (SSSR count). The highest BCUT2D eigenvalue weighted by molar-refractivity contribution is 5.95. The number of nitriles is 1. The molecule has 0 radical (unpaired) electrons. The second-order valence-corrected chi connectivity index (χ2v) is 5.48. The summed E-state index contributed by atoms with van der Waals surface area (Å²) in [6, 6.07) is 15.2. The fraction of sp³-hybridized carbons (Fsp3) is 0.222. The van der Waals surface area contributed by atoms with Gasteiger partial charge in [0.25, 0.3) is 5.91 Å². The molecule has 0 aromatic heterocycles. The number of nitrogens with zero attached hydrogens (tertiary/aromatic N) is 2. The van der Waals surface area contributed by atoms with E-state index in [-0.39, 0.29) is 17.8 Å². The molecule has 2 aromatic carbocycles. The zero-order chi connectivity index (χ0) is 15.5. The van der Waals surface area contributed by atoms with Crippen molar-refractivity contribution >= 4 is 5.91 Å². The van der Waals surface area contributed by atoms with Crippen LogP contribution in [0.25, 0.3) is 0 Å². The monoisotopic (exact) mass is 294 g/mol. The summed E-state index contributed by atoms with van der Waals surface area (Å²) in [7, 11) is 0. The van der Waals surface area contributed by atoms with Gasteiger partial charge in [-0.3, -0.25) is 4.79 Å². The van der Waals surface area contributed by atoms with Crippen molar-refractivity contribution in [1.29, 1.82) is 5.26 Å². The van der Waals surface area contributed by atoms with Crippen LogP contribution in [0, 0.1) is 17.1 Å². The number of amides is 1. The Labute approximate surface area is 128 Å². The van der Waals surface area contributed by atoms with E-state index in [1.165, 1.54) is 12.1 Å². The van der Waals surface area contributed by atoms with Crippen molar-refractivity contribution in [3.8, 4) is 6.07 Å². The number of rotatable bonds is 4. The van der Waals surface area contributed by atoms with E-state index in [1.54, 1.807) is 36.4 Å². The first-order valence-corrected chi connectivity index (χ1v) is 7.23. The molecule has 4 heteroatoms. The van der Waals surface area contributed by atoms with Gasteiger partial charge in [0, 0.05) is 18.2 Å². The van der Waals surface area contributed by atoms with E-state index in [1.807, 2.05) is 11.0 Å². The second kappa shape index (κ2) is 5.98. The molecule has 0 bridgehead atoms. The van der Waals surface area contributed by atoms with Gasteiger partial charge in [0.15, 0.2) is 0 Å². The average molecular weight is 294 g/mol. The topological polar surface area (TPSA) is 44.1 Å². The largest absolute Gasteiger partial charge is 0.331 e. The third kappa shape index (κ3) is 3.15. The summed E-state index contributed by atoms with van der Waals surface area (Å²) < 4.78 is 13.0. The number of carbonyl (C=O) groups is 1. The zero-order valence-corrected chi connectivity index (χ0v) is 12.0.